The molecule has 1 amide bonds. The van der Waals surface area contributed by atoms with Crippen LogP contribution in [-0.4, -0.2) is 31.8 Å². The summed E-state index contributed by atoms with van der Waals surface area (Å²) in [7, 11) is 0. The summed E-state index contributed by atoms with van der Waals surface area (Å²) in [5.74, 6) is -0.493. The molecule has 3 nitrogen and oxygen atoms in total. The average molecular weight is 261 g/mol. The van der Waals surface area contributed by atoms with E-state index >= 15 is 0 Å². The summed E-state index contributed by atoms with van der Waals surface area (Å²) in [4.78, 5) is 13.1. The third-order valence-electron chi connectivity index (χ3n) is 2.18. The number of halogens is 3. The van der Waals surface area contributed by atoms with Gasteiger partial charge in [-0.25, -0.2) is 0 Å². The topological polar surface area (TPSA) is 29.5 Å². The first-order valence-corrected chi connectivity index (χ1v) is 5.44. The van der Waals surface area contributed by atoms with Gasteiger partial charge in [-0.1, -0.05) is 18.2 Å². The zero-order valence-electron chi connectivity index (χ0n) is 9.91. The average Bonchev–Trinajstić information content (AvgIpc) is 2.29. The lowest BCUT2D eigenvalue weighted by molar-refractivity contribution is -0.175. The van der Waals surface area contributed by atoms with E-state index in [1.807, 2.05) is 0 Å². The fourth-order valence-electron chi connectivity index (χ4n) is 1.44. The van der Waals surface area contributed by atoms with Crippen LogP contribution in [-0.2, 0) is 9.53 Å². The lowest BCUT2D eigenvalue weighted by atomic mass is 10.3. The van der Waals surface area contributed by atoms with Crippen molar-refractivity contribution in [1.29, 1.82) is 0 Å². The van der Waals surface area contributed by atoms with Crippen molar-refractivity contribution in [1.82, 2.24) is 0 Å². The summed E-state index contributed by atoms with van der Waals surface area (Å²) in [6.45, 7) is 0.125. The number of carbonyl (C=O) groups excluding carboxylic acids is 1. The Morgan fingerprint density at radius 3 is 2.39 bits per heavy atom. The van der Waals surface area contributed by atoms with E-state index in [4.69, 9.17) is 0 Å². The molecular formula is C12H14F3NO2. The standard InChI is InChI=1S/C12H14F3NO2/c1-2-16(10-6-4-3-5-7-10)11(17)8-18-9-12(13,14)15/h3-7H,2,8-9H2,1H3. The van der Waals surface area contributed by atoms with Crippen LogP contribution in [0.25, 0.3) is 0 Å². The molecule has 0 N–H and O–H groups in total. The number of nitrogens with zero attached hydrogens (tertiary/aromatic N) is 1. The number of anilines is 1. The molecule has 0 fully saturated rings. The quantitative estimate of drug-likeness (QED) is 0.815. The molecule has 0 spiro atoms. The highest BCUT2D eigenvalue weighted by Gasteiger charge is 2.28. The van der Waals surface area contributed by atoms with E-state index in [9.17, 15) is 18.0 Å². The molecule has 0 atom stereocenters. The number of carbonyl (C=O) groups is 1. The van der Waals surface area contributed by atoms with E-state index in [0.717, 1.165) is 0 Å². The molecule has 18 heavy (non-hydrogen) atoms. The maximum atomic E-state index is 11.9. The Balaban J connectivity index is 2.54. The summed E-state index contributed by atoms with van der Waals surface area (Å²) in [6, 6.07) is 8.72. The van der Waals surface area contributed by atoms with Gasteiger partial charge in [0, 0.05) is 12.2 Å². The Labute approximate surface area is 103 Å². The van der Waals surface area contributed by atoms with E-state index in [-0.39, 0.29) is 0 Å². The van der Waals surface area contributed by atoms with Gasteiger partial charge in [-0.3, -0.25) is 4.79 Å². The molecule has 1 rings (SSSR count). The van der Waals surface area contributed by atoms with Gasteiger partial charge in [0.1, 0.15) is 13.2 Å². The van der Waals surface area contributed by atoms with Gasteiger partial charge in [-0.15, -0.1) is 0 Å². The normalized spacial score (nSPS) is 11.3. The molecule has 0 aliphatic rings. The molecule has 0 heterocycles. The summed E-state index contributed by atoms with van der Waals surface area (Å²) < 4.78 is 39.9. The molecule has 6 heteroatoms. The van der Waals surface area contributed by atoms with Gasteiger partial charge in [0.15, 0.2) is 0 Å². The first-order chi connectivity index (χ1) is 8.44. The maximum absolute atomic E-state index is 11.9. The second kappa shape index (κ2) is 6.39. The largest absolute Gasteiger partial charge is 0.411 e. The highest BCUT2D eigenvalue weighted by Crippen LogP contribution is 2.16. The molecule has 1 aromatic rings. The summed E-state index contributed by atoms with van der Waals surface area (Å²) in [6.07, 6.45) is -4.41. The van der Waals surface area contributed by atoms with Gasteiger partial charge in [0.2, 0.25) is 0 Å². The molecule has 0 saturated heterocycles. The van der Waals surface area contributed by atoms with Crippen LogP contribution in [0.2, 0.25) is 0 Å². The van der Waals surface area contributed by atoms with Crippen molar-refractivity contribution in [2.45, 2.75) is 13.1 Å². The van der Waals surface area contributed by atoms with Crippen LogP contribution >= 0.6 is 0 Å². The Bertz CT molecular complexity index is 379. The minimum Gasteiger partial charge on any atom is -0.362 e. The molecule has 1 aromatic carbocycles. The molecular weight excluding hydrogens is 247 g/mol. The van der Waals surface area contributed by atoms with Crippen LogP contribution in [0.1, 0.15) is 6.92 Å². The van der Waals surface area contributed by atoms with Crippen LogP contribution in [0, 0.1) is 0 Å². The fourth-order valence-corrected chi connectivity index (χ4v) is 1.44. The lowest BCUT2D eigenvalue weighted by Gasteiger charge is -2.21. The van der Waals surface area contributed by atoms with Gasteiger partial charge >= 0.3 is 6.18 Å². The Morgan fingerprint density at radius 1 is 1.28 bits per heavy atom. The monoisotopic (exact) mass is 261 g/mol. The molecule has 0 saturated carbocycles. The van der Waals surface area contributed by atoms with E-state index in [1.54, 1.807) is 37.3 Å². The van der Waals surface area contributed by atoms with Crippen LogP contribution in [0.15, 0.2) is 30.3 Å². The highest BCUT2D eigenvalue weighted by atomic mass is 19.4. The van der Waals surface area contributed by atoms with Gasteiger partial charge in [0.25, 0.3) is 5.91 Å². The highest BCUT2D eigenvalue weighted by molar-refractivity contribution is 5.94. The van der Waals surface area contributed by atoms with E-state index in [0.29, 0.717) is 12.2 Å². The molecule has 0 unspecified atom stereocenters. The van der Waals surface area contributed by atoms with Gasteiger partial charge in [0.05, 0.1) is 0 Å². The third kappa shape index (κ3) is 4.75. The van der Waals surface area contributed by atoms with Crippen molar-refractivity contribution in [3.05, 3.63) is 30.3 Å². The molecule has 0 bridgehead atoms. The third-order valence-corrected chi connectivity index (χ3v) is 2.18. The summed E-state index contributed by atoms with van der Waals surface area (Å²) in [5, 5.41) is 0. The van der Waals surface area contributed by atoms with Gasteiger partial charge in [-0.05, 0) is 19.1 Å². The van der Waals surface area contributed by atoms with Gasteiger partial charge < -0.3 is 9.64 Å². The Morgan fingerprint density at radius 2 is 1.89 bits per heavy atom. The van der Waals surface area contributed by atoms with Crippen molar-refractivity contribution in [3.63, 3.8) is 0 Å². The molecule has 0 aromatic heterocycles. The number of benzene rings is 1. The summed E-state index contributed by atoms with van der Waals surface area (Å²) in [5.41, 5.74) is 0.639. The zero-order chi connectivity index (χ0) is 13.6. The lowest BCUT2D eigenvalue weighted by Crippen LogP contribution is -2.34. The van der Waals surface area contributed by atoms with E-state index < -0.39 is 25.3 Å². The molecule has 0 radical (unpaired) electrons. The number of ether oxygens (including phenoxy) is 1. The zero-order valence-corrected chi connectivity index (χ0v) is 9.91. The second-order valence-corrected chi connectivity index (χ2v) is 3.58. The Kier molecular flexibility index (Phi) is 5.15. The number of para-hydroxylation sites is 1. The van der Waals surface area contributed by atoms with E-state index in [1.165, 1.54) is 4.90 Å². The van der Waals surface area contributed by atoms with Crippen molar-refractivity contribution in [3.8, 4) is 0 Å². The predicted molar refractivity (Wildman–Crippen MR) is 61.3 cm³/mol. The fraction of sp³-hybridized carbons (Fsp3) is 0.417. The van der Waals surface area contributed by atoms with Crippen molar-refractivity contribution in [2.75, 3.05) is 24.7 Å². The molecule has 100 valence electrons. The minimum atomic E-state index is -4.41. The number of hydrogen-bond donors (Lipinski definition) is 0. The molecule has 0 aliphatic carbocycles. The number of likely N-dealkylation sites (N-methyl/N-ethyl adjacent to an activating group) is 1. The molecule has 0 aliphatic heterocycles. The van der Waals surface area contributed by atoms with Crippen molar-refractivity contribution >= 4 is 11.6 Å². The van der Waals surface area contributed by atoms with Gasteiger partial charge in [-0.2, -0.15) is 13.2 Å². The predicted octanol–water partition coefficient (Wildman–Crippen LogP) is 2.62. The second-order valence-electron chi connectivity index (χ2n) is 3.58. The number of rotatable bonds is 5. The smallest absolute Gasteiger partial charge is 0.362 e. The van der Waals surface area contributed by atoms with Crippen LogP contribution < -0.4 is 4.90 Å². The summed E-state index contributed by atoms with van der Waals surface area (Å²) >= 11 is 0. The number of hydrogen-bond acceptors (Lipinski definition) is 2. The Hall–Kier alpha value is -1.56. The van der Waals surface area contributed by atoms with Crippen LogP contribution in [0.5, 0.6) is 0 Å². The first-order valence-electron chi connectivity index (χ1n) is 5.44. The minimum absolute atomic E-state index is 0.373. The van der Waals surface area contributed by atoms with Crippen LogP contribution in [0.3, 0.4) is 0 Å². The van der Waals surface area contributed by atoms with Crippen LogP contribution in [0.4, 0.5) is 18.9 Å². The number of alkyl halides is 3. The van der Waals surface area contributed by atoms with Crippen molar-refractivity contribution < 1.29 is 22.7 Å². The van der Waals surface area contributed by atoms with Crippen molar-refractivity contribution in [2.24, 2.45) is 0 Å². The first kappa shape index (κ1) is 14.5. The SMILES string of the molecule is CCN(C(=O)COCC(F)(F)F)c1ccccc1. The maximum Gasteiger partial charge on any atom is 0.411 e. The number of amides is 1. The van der Waals surface area contributed by atoms with E-state index in [2.05, 4.69) is 4.74 Å².